The van der Waals surface area contributed by atoms with Crippen molar-refractivity contribution in [2.24, 2.45) is 5.92 Å². The Kier molecular flexibility index (Phi) is 4.79. The van der Waals surface area contributed by atoms with Crippen LogP contribution < -0.4 is 0 Å². The van der Waals surface area contributed by atoms with Gasteiger partial charge in [-0.15, -0.1) is 0 Å². The number of hydrogen-bond donors (Lipinski definition) is 0. The van der Waals surface area contributed by atoms with Gasteiger partial charge in [-0.05, 0) is 5.92 Å². The van der Waals surface area contributed by atoms with Crippen molar-refractivity contribution in [2.75, 3.05) is 0 Å². The maximum atomic E-state index is 2.51. The molecule has 12 heavy (non-hydrogen) atoms. The van der Waals surface area contributed by atoms with Gasteiger partial charge in [0.2, 0.25) is 0 Å². The van der Waals surface area contributed by atoms with E-state index in [1.54, 1.807) is 0 Å². The van der Waals surface area contributed by atoms with Crippen molar-refractivity contribution in [3.05, 3.63) is 0 Å². The second kappa shape index (κ2) is 5.67. The quantitative estimate of drug-likeness (QED) is 0.542. The average Bonchev–Trinajstić information content (AvgIpc) is 2.56. The standard InChI is InChI=1S/C11H22B/c1-3-11(12-4-2)9-10-7-5-6-8-10/h10-11H,3-9H2,1-2H3. The van der Waals surface area contributed by atoms with E-state index in [-0.39, 0.29) is 0 Å². The zero-order valence-electron chi connectivity index (χ0n) is 8.68. The van der Waals surface area contributed by atoms with Crippen LogP contribution in [0.25, 0.3) is 0 Å². The SMILES string of the molecule is CC[B]C(CC)CC1CCCC1. The van der Waals surface area contributed by atoms with Crippen LogP contribution in [0.1, 0.15) is 52.4 Å². The molecule has 1 fully saturated rings. The molecule has 0 aromatic carbocycles. The van der Waals surface area contributed by atoms with Gasteiger partial charge in [0.1, 0.15) is 7.28 Å². The fraction of sp³-hybridized carbons (Fsp3) is 1.00. The van der Waals surface area contributed by atoms with Gasteiger partial charge >= 0.3 is 0 Å². The summed E-state index contributed by atoms with van der Waals surface area (Å²) in [5, 5.41) is 0. The Bertz CT molecular complexity index is 106. The van der Waals surface area contributed by atoms with Crippen molar-refractivity contribution in [1.29, 1.82) is 0 Å². The molecule has 69 valence electrons. The molecule has 1 heteroatoms. The molecular formula is C11H22B. The Morgan fingerprint density at radius 2 is 1.92 bits per heavy atom. The molecule has 1 rings (SSSR count). The normalized spacial score (nSPS) is 21.2. The van der Waals surface area contributed by atoms with Gasteiger partial charge in [0.25, 0.3) is 0 Å². The van der Waals surface area contributed by atoms with E-state index in [4.69, 9.17) is 0 Å². The van der Waals surface area contributed by atoms with Crippen LogP contribution in [0, 0.1) is 5.92 Å². The second-order valence-electron chi connectivity index (χ2n) is 4.20. The zero-order valence-corrected chi connectivity index (χ0v) is 8.68. The third-order valence-electron chi connectivity index (χ3n) is 3.20. The smallest absolute Gasteiger partial charge is 0.0827 e. The highest BCUT2D eigenvalue weighted by molar-refractivity contribution is 6.37. The lowest BCUT2D eigenvalue weighted by atomic mass is 9.58. The average molecular weight is 165 g/mol. The number of hydrogen-bond acceptors (Lipinski definition) is 0. The largest absolute Gasteiger partial charge is 0.113 e. The lowest BCUT2D eigenvalue weighted by molar-refractivity contribution is 0.478. The predicted octanol–water partition coefficient (Wildman–Crippen LogP) is 3.91. The minimum atomic E-state index is 0.915. The van der Waals surface area contributed by atoms with Gasteiger partial charge in [0.15, 0.2) is 0 Å². The van der Waals surface area contributed by atoms with Crippen LogP contribution in [0.15, 0.2) is 0 Å². The van der Waals surface area contributed by atoms with Crippen molar-refractivity contribution < 1.29 is 0 Å². The molecule has 1 aliphatic carbocycles. The molecule has 0 spiro atoms. The van der Waals surface area contributed by atoms with Crippen molar-refractivity contribution in [3.8, 4) is 0 Å². The molecule has 1 aliphatic rings. The monoisotopic (exact) mass is 165 g/mol. The van der Waals surface area contributed by atoms with Crippen LogP contribution in [0.5, 0.6) is 0 Å². The third-order valence-corrected chi connectivity index (χ3v) is 3.20. The van der Waals surface area contributed by atoms with Crippen molar-refractivity contribution in [3.63, 3.8) is 0 Å². The summed E-state index contributed by atoms with van der Waals surface area (Å²) in [6.45, 7) is 4.59. The minimum Gasteiger partial charge on any atom is -0.0827 e. The first-order valence-corrected chi connectivity index (χ1v) is 5.70. The molecule has 0 N–H and O–H groups in total. The summed E-state index contributed by atoms with van der Waals surface area (Å²) in [6.07, 6.45) is 10.1. The first-order chi connectivity index (χ1) is 5.86. The van der Waals surface area contributed by atoms with E-state index in [0.29, 0.717) is 0 Å². The molecule has 0 bridgehead atoms. The first kappa shape index (κ1) is 10.1. The summed E-state index contributed by atoms with van der Waals surface area (Å²) >= 11 is 0. The molecule has 1 unspecified atom stereocenters. The molecular weight excluding hydrogens is 143 g/mol. The van der Waals surface area contributed by atoms with Gasteiger partial charge in [-0.3, -0.25) is 0 Å². The van der Waals surface area contributed by atoms with Gasteiger partial charge in [-0.2, -0.15) is 0 Å². The fourth-order valence-corrected chi connectivity index (χ4v) is 2.44. The molecule has 1 atom stereocenters. The lowest BCUT2D eigenvalue weighted by Crippen LogP contribution is -2.06. The summed E-state index contributed by atoms with van der Waals surface area (Å²) in [7, 11) is 2.51. The van der Waals surface area contributed by atoms with Crippen LogP contribution in [0.4, 0.5) is 0 Å². The molecule has 1 radical (unpaired) electrons. The van der Waals surface area contributed by atoms with Crippen LogP contribution in [-0.4, -0.2) is 7.28 Å². The van der Waals surface area contributed by atoms with Crippen LogP contribution in [0.3, 0.4) is 0 Å². The van der Waals surface area contributed by atoms with Crippen LogP contribution in [-0.2, 0) is 0 Å². The Hall–Kier alpha value is 0.0649. The summed E-state index contributed by atoms with van der Waals surface area (Å²) in [6, 6.07) is 0. The van der Waals surface area contributed by atoms with E-state index >= 15 is 0 Å². The van der Waals surface area contributed by atoms with Crippen molar-refractivity contribution in [2.45, 2.75) is 64.5 Å². The molecule has 0 amide bonds. The summed E-state index contributed by atoms with van der Waals surface area (Å²) in [5.74, 6) is 1.98. The number of rotatable bonds is 5. The van der Waals surface area contributed by atoms with Gasteiger partial charge in [0, 0.05) is 0 Å². The summed E-state index contributed by atoms with van der Waals surface area (Å²) in [5.41, 5.74) is 0. The Balaban J connectivity index is 2.16. The van der Waals surface area contributed by atoms with Gasteiger partial charge in [0.05, 0.1) is 0 Å². The van der Waals surface area contributed by atoms with Gasteiger partial charge in [-0.25, -0.2) is 0 Å². The highest BCUT2D eigenvalue weighted by Crippen LogP contribution is 2.33. The highest BCUT2D eigenvalue weighted by atomic mass is 14.2. The zero-order chi connectivity index (χ0) is 8.81. The molecule has 1 saturated carbocycles. The molecule has 0 aliphatic heterocycles. The van der Waals surface area contributed by atoms with Gasteiger partial charge in [-0.1, -0.05) is 64.5 Å². The second-order valence-corrected chi connectivity index (χ2v) is 4.20. The molecule has 0 nitrogen and oxygen atoms in total. The summed E-state index contributed by atoms with van der Waals surface area (Å²) < 4.78 is 0. The van der Waals surface area contributed by atoms with E-state index in [9.17, 15) is 0 Å². The third kappa shape index (κ3) is 3.20. The minimum absolute atomic E-state index is 0.915. The highest BCUT2D eigenvalue weighted by Gasteiger charge is 2.18. The van der Waals surface area contributed by atoms with Gasteiger partial charge < -0.3 is 0 Å². The fourth-order valence-electron chi connectivity index (χ4n) is 2.44. The maximum absolute atomic E-state index is 2.51. The van der Waals surface area contributed by atoms with E-state index < -0.39 is 0 Å². The van der Waals surface area contributed by atoms with E-state index in [2.05, 4.69) is 21.1 Å². The topological polar surface area (TPSA) is 0 Å². The lowest BCUT2D eigenvalue weighted by Gasteiger charge is -2.17. The Morgan fingerprint density at radius 3 is 2.42 bits per heavy atom. The van der Waals surface area contributed by atoms with Crippen molar-refractivity contribution in [1.82, 2.24) is 0 Å². The predicted molar refractivity (Wildman–Crippen MR) is 56.9 cm³/mol. The Labute approximate surface area is 78.4 Å². The van der Waals surface area contributed by atoms with E-state index in [1.165, 1.54) is 44.8 Å². The molecule has 0 aromatic heterocycles. The van der Waals surface area contributed by atoms with E-state index in [0.717, 1.165) is 11.7 Å². The van der Waals surface area contributed by atoms with Crippen LogP contribution in [0.2, 0.25) is 12.1 Å². The van der Waals surface area contributed by atoms with Crippen molar-refractivity contribution >= 4 is 7.28 Å². The molecule has 0 aromatic rings. The molecule has 0 heterocycles. The molecule has 0 saturated heterocycles. The maximum Gasteiger partial charge on any atom is 0.113 e. The van der Waals surface area contributed by atoms with E-state index in [1.807, 2.05) is 0 Å². The Morgan fingerprint density at radius 1 is 1.25 bits per heavy atom. The first-order valence-electron chi connectivity index (χ1n) is 5.70. The summed E-state index contributed by atoms with van der Waals surface area (Å²) in [4.78, 5) is 0. The van der Waals surface area contributed by atoms with Crippen LogP contribution >= 0.6 is 0 Å².